The summed E-state index contributed by atoms with van der Waals surface area (Å²) in [5.74, 6) is 4.66. The van der Waals surface area contributed by atoms with Crippen molar-refractivity contribution in [3.63, 3.8) is 0 Å². The number of amides is 2. The highest BCUT2D eigenvalue weighted by Crippen LogP contribution is 2.77. The Morgan fingerprint density at radius 1 is 0.912 bits per heavy atom. The minimum atomic E-state index is 0.282. The number of rotatable bonds is 5. The number of carbonyl (C=O) groups is 1. The van der Waals surface area contributed by atoms with Crippen molar-refractivity contribution in [1.29, 1.82) is 0 Å². The lowest BCUT2D eigenvalue weighted by Gasteiger charge is -2.75. The van der Waals surface area contributed by atoms with Crippen molar-refractivity contribution in [2.24, 2.45) is 16.7 Å². The zero-order valence-corrected chi connectivity index (χ0v) is 19.7. The second-order valence-corrected chi connectivity index (χ2v) is 13.4. The van der Waals surface area contributed by atoms with Gasteiger partial charge in [0.15, 0.2) is 5.82 Å². The van der Waals surface area contributed by atoms with Gasteiger partial charge < -0.3 is 9.80 Å². The van der Waals surface area contributed by atoms with Crippen LogP contribution in [0.4, 0.5) is 4.79 Å². The zero-order chi connectivity index (χ0) is 22.3. The van der Waals surface area contributed by atoms with Crippen molar-refractivity contribution in [3.05, 3.63) is 29.1 Å². The summed E-state index contributed by atoms with van der Waals surface area (Å²) in [4.78, 5) is 22.0. The van der Waals surface area contributed by atoms with Gasteiger partial charge in [0.1, 0.15) is 5.82 Å². The van der Waals surface area contributed by atoms with Crippen LogP contribution in [0.2, 0.25) is 0 Å². The zero-order valence-electron chi connectivity index (χ0n) is 19.7. The minimum absolute atomic E-state index is 0.282. The number of hydrogen-bond acceptors (Lipinski definition) is 4. The number of likely N-dealkylation sites (tertiary alicyclic amines) is 2. The standard InChI is InChI=1S/C26H33N7O/c34-23(33-13-24(14-33)6-17(7-24)22-27-21(30-31-22)16-3-4-16)32-8-18(9-32)25-10-26(11-25,12-25)20-5-19(28-29-20)15-1-2-15/h5,15-18H,1-4,6-14H2,(H,28,29)(H,27,30,31). The normalized spacial score (nSPS) is 35.9. The van der Waals surface area contributed by atoms with Crippen LogP contribution in [0.5, 0.6) is 0 Å². The molecule has 2 N–H and O–H groups in total. The third kappa shape index (κ3) is 2.44. The average Bonchev–Trinajstić information content (AvgIpc) is 3.61. The number of nitrogens with one attached hydrogen (secondary N) is 2. The van der Waals surface area contributed by atoms with E-state index in [0.29, 0.717) is 34.0 Å². The van der Waals surface area contributed by atoms with Crippen LogP contribution in [-0.2, 0) is 5.41 Å². The van der Waals surface area contributed by atoms with Crippen LogP contribution >= 0.6 is 0 Å². The van der Waals surface area contributed by atoms with Gasteiger partial charge in [-0.15, -0.1) is 0 Å². The van der Waals surface area contributed by atoms with Gasteiger partial charge in [-0.2, -0.15) is 10.2 Å². The molecule has 8 nitrogen and oxygen atoms in total. The number of urea groups is 1. The van der Waals surface area contributed by atoms with E-state index in [0.717, 1.165) is 56.6 Å². The van der Waals surface area contributed by atoms with E-state index in [9.17, 15) is 4.79 Å². The van der Waals surface area contributed by atoms with Gasteiger partial charge in [-0.1, -0.05) is 0 Å². The number of hydrogen-bond donors (Lipinski definition) is 2. The lowest BCUT2D eigenvalue weighted by Crippen LogP contribution is -2.74. The Labute approximate surface area is 199 Å². The minimum Gasteiger partial charge on any atom is -0.324 e. The molecule has 2 aromatic heterocycles. The van der Waals surface area contributed by atoms with Crippen molar-refractivity contribution in [1.82, 2.24) is 35.2 Å². The molecule has 8 aliphatic rings. The third-order valence-electron chi connectivity index (χ3n) is 10.8. The fourth-order valence-corrected chi connectivity index (χ4v) is 8.33. The fourth-order valence-electron chi connectivity index (χ4n) is 8.33. The Bertz CT molecular complexity index is 1170. The van der Waals surface area contributed by atoms with E-state index in [1.165, 1.54) is 56.3 Å². The van der Waals surface area contributed by atoms with Gasteiger partial charge in [0.25, 0.3) is 0 Å². The highest BCUT2D eigenvalue weighted by Gasteiger charge is 2.73. The summed E-state index contributed by atoms with van der Waals surface area (Å²) < 4.78 is 0. The molecule has 10 rings (SSSR count). The van der Waals surface area contributed by atoms with Crippen LogP contribution in [0, 0.1) is 16.7 Å². The van der Waals surface area contributed by atoms with E-state index < -0.39 is 0 Å². The molecule has 178 valence electrons. The molecular formula is C26H33N7O. The van der Waals surface area contributed by atoms with Crippen LogP contribution in [-0.4, -0.2) is 67.4 Å². The maximum Gasteiger partial charge on any atom is 0.320 e. The quantitative estimate of drug-likeness (QED) is 0.714. The van der Waals surface area contributed by atoms with Crippen LogP contribution < -0.4 is 0 Å². The molecule has 2 aromatic rings. The molecule has 1 spiro atoms. The van der Waals surface area contributed by atoms with Crippen molar-refractivity contribution >= 4 is 6.03 Å². The molecule has 6 aliphatic carbocycles. The second kappa shape index (κ2) is 5.88. The summed E-state index contributed by atoms with van der Waals surface area (Å²) in [5.41, 5.74) is 3.93. The molecule has 4 heterocycles. The van der Waals surface area contributed by atoms with Crippen LogP contribution in [0.3, 0.4) is 0 Å². The number of H-pyrrole nitrogens is 2. The third-order valence-corrected chi connectivity index (χ3v) is 10.8. The molecule has 2 saturated heterocycles. The number of aromatic amines is 2. The van der Waals surface area contributed by atoms with Crippen molar-refractivity contribution < 1.29 is 4.79 Å². The summed E-state index contributed by atoms with van der Waals surface area (Å²) in [6, 6.07) is 2.64. The molecular weight excluding hydrogens is 426 g/mol. The molecule has 2 bridgehead atoms. The van der Waals surface area contributed by atoms with Crippen molar-refractivity contribution in [2.45, 2.75) is 81.0 Å². The fraction of sp³-hybridized carbons (Fsp3) is 0.769. The van der Waals surface area contributed by atoms with E-state index in [1.54, 1.807) is 0 Å². The van der Waals surface area contributed by atoms with Gasteiger partial charge in [0, 0.05) is 60.5 Å². The van der Waals surface area contributed by atoms with E-state index in [2.05, 4.69) is 36.3 Å². The first-order valence-electron chi connectivity index (χ1n) is 13.5. The summed E-state index contributed by atoms with van der Waals surface area (Å²) in [7, 11) is 0. The van der Waals surface area contributed by atoms with E-state index in [4.69, 9.17) is 4.98 Å². The van der Waals surface area contributed by atoms with E-state index in [1.807, 2.05) is 0 Å². The highest BCUT2D eigenvalue weighted by atomic mass is 16.2. The molecule has 0 radical (unpaired) electrons. The van der Waals surface area contributed by atoms with Gasteiger partial charge in [-0.05, 0) is 75.2 Å². The molecule has 6 saturated carbocycles. The predicted octanol–water partition coefficient (Wildman–Crippen LogP) is 3.64. The van der Waals surface area contributed by atoms with Crippen LogP contribution in [0.15, 0.2) is 6.07 Å². The largest absolute Gasteiger partial charge is 0.324 e. The molecule has 34 heavy (non-hydrogen) atoms. The molecule has 8 fully saturated rings. The topological polar surface area (TPSA) is 93.8 Å². The van der Waals surface area contributed by atoms with Gasteiger partial charge in [-0.25, -0.2) is 9.78 Å². The van der Waals surface area contributed by atoms with Gasteiger partial charge >= 0.3 is 6.03 Å². The highest BCUT2D eigenvalue weighted by molar-refractivity contribution is 5.76. The molecule has 2 aliphatic heterocycles. The monoisotopic (exact) mass is 459 g/mol. The molecule has 0 atom stereocenters. The summed E-state index contributed by atoms with van der Waals surface area (Å²) in [5, 5.41) is 15.6. The Kier molecular flexibility index (Phi) is 3.26. The smallest absolute Gasteiger partial charge is 0.320 e. The first-order chi connectivity index (χ1) is 16.5. The van der Waals surface area contributed by atoms with E-state index in [-0.39, 0.29) is 6.03 Å². The maximum atomic E-state index is 13.0. The van der Waals surface area contributed by atoms with Gasteiger partial charge in [-0.3, -0.25) is 10.2 Å². The number of nitrogens with zero attached hydrogens (tertiary/aromatic N) is 5. The van der Waals surface area contributed by atoms with Gasteiger partial charge in [0.05, 0.1) is 5.69 Å². The Morgan fingerprint density at radius 2 is 1.65 bits per heavy atom. The van der Waals surface area contributed by atoms with Crippen LogP contribution in [0.25, 0.3) is 0 Å². The van der Waals surface area contributed by atoms with Crippen LogP contribution in [0.1, 0.15) is 98.6 Å². The predicted molar refractivity (Wildman–Crippen MR) is 123 cm³/mol. The molecule has 2 amide bonds. The Balaban J connectivity index is 0.757. The van der Waals surface area contributed by atoms with Crippen molar-refractivity contribution in [2.75, 3.05) is 26.2 Å². The first kappa shape index (κ1) is 18.9. The first-order valence-corrected chi connectivity index (χ1v) is 13.5. The summed E-state index contributed by atoms with van der Waals surface area (Å²) in [6.45, 7) is 3.81. The average molecular weight is 460 g/mol. The summed E-state index contributed by atoms with van der Waals surface area (Å²) in [6.07, 6.45) is 11.3. The summed E-state index contributed by atoms with van der Waals surface area (Å²) >= 11 is 0. The lowest BCUT2D eigenvalue weighted by molar-refractivity contribution is -0.209. The lowest BCUT2D eigenvalue weighted by atomic mass is 9.30. The Hall–Kier alpha value is -2.38. The van der Waals surface area contributed by atoms with Gasteiger partial charge in [0.2, 0.25) is 0 Å². The maximum absolute atomic E-state index is 13.0. The van der Waals surface area contributed by atoms with E-state index >= 15 is 0 Å². The molecule has 0 aromatic carbocycles. The molecule has 8 heteroatoms. The SMILES string of the molecule is O=C(N1CC(C23CC(c4cc(C5CC5)n[nH]4)(C2)C3)C1)N1CC2(CC(c3nc(C4CC4)n[nH]3)C2)C1. The number of carbonyl (C=O) groups excluding carboxylic acids is 1. The van der Waals surface area contributed by atoms with Crippen molar-refractivity contribution in [3.8, 4) is 0 Å². The number of aromatic nitrogens is 5. The molecule has 0 unspecified atom stereocenters. The Morgan fingerprint density at radius 3 is 2.35 bits per heavy atom. The second-order valence-electron chi connectivity index (χ2n) is 13.4.